The molecule has 8 heteroatoms. The molecule has 1 atom stereocenters. The third-order valence-electron chi connectivity index (χ3n) is 5.20. The quantitative estimate of drug-likeness (QED) is 0.193. The number of ether oxygens (including phenoxy) is 2. The van der Waals surface area contributed by atoms with E-state index in [4.69, 9.17) is 33.3 Å². The molecule has 0 radical (unpaired) electrons. The van der Waals surface area contributed by atoms with Gasteiger partial charge in [-0.3, -0.25) is 9.69 Å². The molecule has 0 aliphatic carbocycles. The minimum absolute atomic E-state index is 0.208. The van der Waals surface area contributed by atoms with E-state index in [0.29, 0.717) is 32.2 Å². The molecular formula is C27H22ClNO4S2. The normalized spacial score (nSPS) is 15.4. The number of carbonyl (C=O) groups excluding carboxylic acids is 2. The Bertz CT molecular complexity index is 1240. The van der Waals surface area contributed by atoms with Crippen LogP contribution in [-0.2, 0) is 20.9 Å². The van der Waals surface area contributed by atoms with Gasteiger partial charge in [-0.2, -0.15) is 0 Å². The lowest BCUT2D eigenvalue weighted by Crippen LogP contribution is -2.38. The monoisotopic (exact) mass is 523 g/mol. The summed E-state index contributed by atoms with van der Waals surface area (Å²) in [7, 11) is 0. The van der Waals surface area contributed by atoms with Crippen molar-refractivity contribution in [3.05, 3.63) is 105 Å². The number of hydrogen-bond donors (Lipinski definition) is 0. The van der Waals surface area contributed by atoms with Crippen LogP contribution in [0.5, 0.6) is 5.75 Å². The summed E-state index contributed by atoms with van der Waals surface area (Å²) >= 11 is 12.6. The summed E-state index contributed by atoms with van der Waals surface area (Å²) < 4.78 is 11.4. The number of thiocarbonyl (C=S) groups is 1. The highest BCUT2D eigenvalue weighted by Crippen LogP contribution is 2.39. The number of nitrogens with zero attached hydrogens (tertiary/aromatic N) is 1. The fourth-order valence-electron chi connectivity index (χ4n) is 3.51. The number of halogens is 1. The van der Waals surface area contributed by atoms with Gasteiger partial charge in [0.2, 0.25) is 0 Å². The topological polar surface area (TPSA) is 55.8 Å². The summed E-state index contributed by atoms with van der Waals surface area (Å²) in [5.41, 5.74) is 2.47. The highest BCUT2D eigenvalue weighted by molar-refractivity contribution is 8.26. The molecule has 0 saturated carbocycles. The van der Waals surface area contributed by atoms with E-state index in [1.807, 2.05) is 66.7 Å². The van der Waals surface area contributed by atoms with Gasteiger partial charge in [-0.15, -0.1) is 0 Å². The van der Waals surface area contributed by atoms with Crippen LogP contribution in [0.25, 0.3) is 6.08 Å². The van der Waals surface area contributed by atoms with Crippen LogP contribution in [0.1, 0.15) is 29.7 Å². The third kappa shape index (κ3) is 6.11. The fourth-order valence-corrected chi connectivity index (χ4v) is 4.95. The average molecular weight is 524 g/mol. The maximum absolute atomic E-state index is 13.3. The number of thioether (sulfide) groups is 1. The SMILES string of the molecule is CCOC(=O)C(c1ccccc1)N1C(=O)/C(=C/c2ccc(OCc3ccc(Cl)cc3)cc2)SC1=S. The van der Waals surface area contributed by atoms with E-state index in [-0.39, 0.29) is 12.5 Å². The Balaban J connectivity index is 1.49. The molecule has 5 nitrogen and oxygen atoms in total. The van der Waals surface area contributed by atoms with Gasteiger partial charge in [-0.25, -0.2) is 4.79 Å². The lowest BCUT2D eigenvalue weighted by Gasteiger charge is -2.25. The highest BCUT2D eigenvalue weighted by atomic mass is 35.5. The van der Waals surface area contributed by atoms with E-state index < -0.39 is 12.0 Å². The van der Waals surface area contributed by atoms with Gasteiger partial charge in [0, 0.05) is 5.02 Å². The molecule has 0 N–H and O–H groups in total. The molecule has 1 heterocycles. The number of hydrogen-bond acceptors (Lipinski definition) is 6. The summed E-state index contributed by atoms with van der Waals surface area (Å²) in [5.74, 6) is -0.139. The molecule has 1 amide bonds. The Morgan fingerprint density at radius 2 is 1.74 bits per heavy atom. The molecule has 1 unspecified atom stereocenters. The second-order valence-electron chi connectivity index (χ2n) is 7.60. The van der Waals surface area contributed by atoms with Crippen molar-refractivity contribution in [3.63, 3.8) is 0 Å². The van der Waals surface area contributed by atoms with E-state index >= 15 is 0 Å². The Morgan fingerprint density at radius 3 is 2.40 bits per heavy atom. The highest BCUT2D eigenvalue weighted by Gasteiger charge is 2.42. The van der Waals surface area contributed by atoms with Crippen molar-refractivity contribution in [2.75, 3.05) is 6.61 Å². The first kappa shape index (κ1) is 25.0. The Kier molecular flexibility index (Phi) is 8.23. The smallest absolute Gasteiger partial charge is 0.333 e. The Hall–Kier alpha value is -3.13. The number of benzene rings is 3. The molecule has 3 aromatic rings. The molecule has 35 heavy (non-hydrogen) atoms. The van der Waals surface area contributed by atoms with Gasteiger partial charge in [-0.1, -0.05) is 90.2 Å². The van der Waals surface area contributed by atoms with Crippen LogP contribution >= 0.6 is 35.6 Å². The van der Waals surface area contributed by atoms with E-state index in [1.165, 1.54) is 16.7 Å². The maximum Gasteiger partial charge on any atom is 0.333 e. The first-order valence-corrected chi connectivity index (χ1v) is 12.5. The average Bonchev–Trinajstić information content (AvgIpc) is 3.13. The fraction of sp³-hybridized carbons (Fsp3) is 0.148. The van der Waals surface area contributed by atoms with Crippen molar-refractivity contribution in [3.8, 4) is 5.75 Å². The van der Waals surface area contributed by atoms with Crippen molar-refractivity contribution in [2.45, 2.75) is 19.6 Å². The first-order valence-electron chi connectivity index (χ1n) is 10.9. The molecule has 1 aliphatic rings. The summed E-state index contributed by atoms with van der Waals surface area (Å²) in [6.07, 6.45) is 1.76. The molecule has 0 spiro atoms. The van der Waals surface area contributed by atoms with Gasteiger partial charge in [0.05, 0.1) is 11.5 Å². The number of amides is 1. The standard InChI is InChI=1S/C27H22ClNO4S2/c1-2-32-26(31)24(20-6-4-3-5-7-20)29-25(30)23(35-27(29)34)16-18-10-14-22(15-11-18)33-17-19-8-12-21(28)13-9-19/h3-16,24H,2,17H2,1H3/b23-16-. The van der Waals surface area contributed by atoms with Crippen molar-refractivity contribution in [1.82, 2.24) is 4.90 Å². The number of esters is 1. The van der Waals surface area contributed by atoms with Crippen molar-refractivity contribution >= 4 is 57.9 Å². The molecule has 3 aromatic carbocycles. The largest absolute Gasteiger partial charge is 0.489 e. The number of rotatable bonds is 8. The Morgan fingerprint density at radius 1 is 1.06 bits per heavy atom. The van der Waals surface area contributed by atoms with Crippen molar-refractivity contribution in [2.24, 2.45) is 0 Å². The van der Waals surface area contributed by atoms with Gasteiger partial charge in [-0.05, 0) is 54.0 Å². The Labute approximate surface area is 218 Å². The van der Waals surface area contributed by atoms with Gasteiger partial charge in [0.15, 0.2) is 6.04 Å². The minimum atomic E-state index is -0.932. The van der Waals surface area contributed by atoms with E-state index in [1.54, 1.807) is 25.1 Å². The lowest BCUT2D eigenvalue weighted by atomic mass is 10.1. The zero-order valence-corrected chi connectivity index (χ0v) is 21.2. The van der Waals surface area contributed by atoms with Crippen LogP contribution in [0.3, 0.4) is 0 Å². The van der Waals surface area contributed by atoms with Crippen molar-refractivity contribution < 1.29 is 19.1 Å². The van der Waals surface area contributed by atoms with Crippen LogP contribution < -0.4 is 4.74 Å². The lowest BCUT2D eigenvalue weighted by molar-refractivity contribution is -0.151. The van der Waals surface area contributed by atoms with Crippen LogP contribution in [-0.4, -0.2) is 27.7 Å². The van der Waals surface area contributed by atoms with E-state index in [9.17, 15) is 9.59 Å². The molecule has 0 bridgehead atoms. The van der Waals surface area contributed by atoms with Crippen molar-refractivity contribution in [1.29, 1.82) is 0 Å². The van der Waals surface area contributed by atoms with Gasteiger partial charge in [0.1, 0.15) is 16.7 Å². The molecule has 4 rings (SSSR count). The van der Waals surface area contributed by atoms with E-state index in [0.717, 1.165) is 11.1 Å². The summed E-state index contributed by atoms with van der Waals surface area (Å²) in [5, 5.41) is 0.681. The number of carbonyl (C=O) groups is 2. The minimum Gasteiger partial charge on any atom is -0.489 e. The second kappa shape index (κ2) is 11.5. The first-order chi connectivity index (χ1) is 17.0. The summed E-state index contributed by atoms with van der Waals surface area (Å²) in [6, 6.07) is 23.0. The molecule has 178 valence electrons. The van der Waals surface area contributed by atoms with Crippen LogP contribution in [0, 0.1) is 0 Å². The zero-order valence-electron chi connectivity index (χ0n) is 18.8. The molecular weight excluding hydrogens is 502 g/mol. The van der Waals surface area contributed by atoms with Gasteiger partial charge < -0.3 is 9.47 Å². The molecule has 0 aromatic heterocycles. The second-order valence-corrected chi connectivity index (χ2v) is 9.71. The van der Waals surface area contributed by atoms with E-state index in [2.05, 4.69) is 0 Å². The summed E-state index contributed by atoms with van der Waals surface area (Å²) in [6.45, 7) is 2.36. The van der Waals surface area contributed by atoms with Gasteiger partial charge >= 0.3 is 5.97 Å². The predicted molar refractivity (Wildman–Crippen MR) is 143 cm³/mol. The predicted octanol–water partition coefficient (Wildman–Crippen LogP) is 6.42. The van der Waals surface area contributed by atoms with Crippen LogP contribution in [0.15, 0.2) is 83.8 Å². The molecule has 1 aliphatic heterocycles. The molecule has 1 saturated heterocycles. The molecule has 1 fully saturated rings. The van der Waals surface area contributed by atoms with Gasteiger partial charge in [0.25, 0.3) is 5.91 Å². The third-order valence-corrected chi connectivity index (χ3v) is 6.79. The van der Waals surface area contributed by atoms with Crippen LogP contribution in [0.4, 0.5) is 0 Å². The maximum atomic E-state index is 13.3. The van der Waals surface area contributed by atoms with Crippen LogP contribution in [0.2, 0.25) is 5.02 Å². The zero-order chi connectivity index (χ0) is 24.8. The summed E-state index contributed by atoms with van der Waals surface area (Å²) in [4.78, 5) is 27.9.